The summed E-state index contributed by atoms with van der Waals surface area (Å²) in [5.41, 5.74) is 1.02. The van der Waals surface area contributed by atoms with Gasteiger partial charge in [-0.05, 0) is 31.0 Å². The molecule has 21 heavy (non-hydrogen) atoms. The highest BCUT2D eigenvalue weighted by atomic mass is 19.1. The van der Waals surface area contributed by atoms with E-state index in [0.29, 0.717) is 29.0 Å². The topological polar surface area (TPSA) is 61.3 Å². The molecule has 4 rings (SSSR count). The highest BCUT2D eigenvalue weighted by Crippen LogP contribution is 2.31. The predicted molar refractivity (Wildman–Crippen MR) is 72.3 cm³/mol. The minimum absolute atomic E-state index is 0.136. The van der Waals surface area contributed by atoms with E-state index in [2.05, 4.69) is 10.1 Å². The molecule has 0 saturated carbocycles. The number of halogens is 1. The van der Waals surface area contributed by atoms with Crippen molar-refractivity contribution in [3.8, 4) is 11.5 Å². The van der Waals surface area contributed by atoms with Crippen molar-refractivity contribution < 1.29 is 18.1 Å². The standard InChI is InChI=1S/C15H13FN2O3/c16-11-6-9-3-5-20-13(9)12(7-11)15-17-14(18-21-15)10-2-1-4-19-8-10/h3,5-7,10H,1-2,4,8H2. The lowest BCUT2D eigenvalue weighted by molar-refractivity contribution is 0.0773. The maximum absolute atomic E-state index is 13.7. The molecular weight excluding hydrogens is 275 g/mol. The smallest absolute Gasteiger partial charge is 0.261 e. The number of nitrogens with zero attached hydrogens (tertiary/aromatic N) is 2. The summed E-state index contributed by atoms with van der Waals surface area (Å²) in [6.07, 6.45) is 3.47. The van der Waals surface area contributed by atoms with E-state index in [4.69, 9.17) is 13.7 Å². The molecule has 1 aromatic carbocycles. The number of furan rings is 1. The zero-order chi connectivity index (χ0) is 14.2. The van der Waals surface area contributed by atoms with Crippen molar-refractivity contribution in [1.82, 2.24) is 10.1 Å². The largest absolute Gasteiger partial charge is 0.464 e. The van der Waals surface area contributed by atoms with Gasteiger partial charge in [-0.25, -0.2) is 4.39 Å². The molecule has 6 heteroatoms. The van der Waals surface area contributed by atoms with Gasteiger partial charge in [-0.15, -0.1) is 0 Å². The maximum atomic E-state index is 13.7. The fourth-order valence-electron chi connectivity index (χ4n) is 2.66. The first-order valence-electron chi connectivity index (χ1n) is 6.90. The van der Waals surface area contributed by atoms with Crippen LogP contribution in [0.25, 0.3) is 22.4 Å². The fraction of sp³-hybridized carbons (Fsp3) is 0.333. The number of fused-ring (bicyclic) bond motifs is 1. The van der Waals surface area contributed by atoms with Crippen LogP contribution >= 0.6 is 0 Å². The van der Waals surface area contributed by atoms with Crippen molar-refractivity contribution >= 4 is 11.0 Å². The minimum atomic E-state index is -0.361. The van der Waals surface area contributed by atoms with Crippen LogP contribution in [-0.2, 0) is 4.74 Å². The van der Waals surface area contributed by atoms with Gasteiger partial charge in [0, 0.05) is 17.9 Å². The average Bonchev–Trinajstić information content (AvgIpc) is 3.16. The fourth-order valence-corrected chi connectivity index (χ4v) is 2.66. The summed E-state index contributed by atoms with van der Waals surface area (Å²) < 4.78 is 29.8. The zero-order valence-electron chi connectivity index (χ0n) is 11.2. The van der Waals surface area contributed by atoms with Crippen LogP contribution in [0.1, 0.15) is 24.6 Å². The summed E-state index contributed by atoms with van der Waals surface area (Å²) in [5.74, 6) is 0.653. The van der Waals surface area contributed by atoms with E-state index < -0.39 is 0 Å². The van der Waals surface area contributed by atoms with Crippen LogP contribution in [0.4, 0.5) is 4.39 Å². The lowest BCUT2D eigenvalue weighted by Gasteiger charge is -2.18. The average molecular weight is 288 g/mol. The number of benzene rings is 1. The van der Waals surface area contributed by atoms with Crippen molar-refractivity contribution in [2.24, 2.45) is 0 Å². The van der Waals surface area contributed by atoms with Crippen molar-refractivity contribution in [2.75, 3.05) is 13.2 Å². The lowest BCUT2D eigenvalue weighted by Crippen LogP contribution is -2.16. The van der Waals surface area contributed by atoms with Crippen LogP contribution in [0.3, 0.4) is 0 Å². The molecule has 5 nitrogen and oxygen atoms in total. The second-order valence-corrected chi connectivity index (χ2v) is 5.16. The third kappa shape index (κ3) is 2.21. The van der Waals surface area contributed by atoms with E-state index >= 15 is 0 Å². The van der Waals surface area contributed by atoms with Crippen LogP contribution in [0, 0.1) is 5.82 Å². The molecule has 2 aromatic heterocycles. The number of ether oxygens (including phenoxy) is 1. The molecule has 0 radical (unpaired) electrons. The maximum Gasteiger partial charge on any atom is 0.261 e. The summed E-state index contributed by atoms with van der Waals surface area (Å²) in [6.45, 7) is 1.37. The first kappa shape index (κ1) is 12.5. The van der Waals surface area contributed by atoms with E-state index in [1.165, 1.54) is 18.4 Å². The number of rotatable bonds is 2. The molecule has 1 fully saturated rings. The Kier molecular flexibility index (Phi) is 2.96. The van der Waals surface area contributed by atoms with Gasteiger partial charge in [-0.1, -0.05) is 5.16 Å². The van der Waals surface area contributed by atoms with Crippen LogP contribution in [0.2, 0.25) is 0 Å². The Bertz CT molecular complexity index is 774. The molecule has 0 bridgehead atoms. The highest BCUT2D eigenvalue weighted by Gasteiger charge is 2.23. The first-order chi connectivity index (χ1) is 10.3. The molecule has 1 atom stereocenters. The van der Waals surface area contributed by atoms with Crippen LogP contribution in [0.5, 0.6) is 0 Å². The van der Waals surface area contributed by atoms with Gasteiger partial charge >= 0.3 is 0 Å². The Morgan fingerprint density at radius 3 is 3.10 bits per heavy atom. The molecule has 0 spiro atoms. The molecule has 0 amide bonds. The Balaban J connectivity index is 1.75. The number of hydrogen-bond acceptors (Lipinski definition) is 5. The highest BCUT2D eigenvalue weighted by molar-refractivity contribution is 5.90. The van der Waals surface area contributed by atoms with Gasteiger partial charge in [0.1, 0.15) is 11.4 Å². The third-order valence-corrected chi connectivity index (χ3v) is 3.71. The van der Waals surface area contributed by atoms with E-state index in [-0.39, 0.29) is 17.6 Å². The van der Waals surface area contributed by atoms with Crippen LogP contribution < -0.4 is 0 Å². The summed E-state index contributed by atoms with van der Waals surface area (Å²) in [5, 5.41) is 4.68. The minimum Gasteiger partial charge on any atom is -0.464 e. The van der Waals surface area contributed by atoms with Crippen molar-refractivity contribution in [1.29, 1.82) is 0 Å². The van der Waals surface area contributed by atoms with Gasteiger partial charge in [0.25, 0.3) is 5.89 Å². The summed E-state index contributed by atoms with van der Waals surface area (Å²) in [4.78, 5) is 4.39. The van der Waals surface area contributed by atoms with Gasteiger partial charge in [-0.3, -0.25) is 0 Å². The monoisotopic (exact) mass is 288 g/mol. The molecule has 1 saturated heterocycles. The quantitative estimate of drug-likeness (QED) is 0.722. The summed E-state index contributed by atoms with van der Waals surface area (Å²) in [6, 6.07) is 4.46. The van der Waals surface area contributed by atoms with E-state index in [0.717, 1.165) is 19.4 Å². The van der Waals surface area contributed by atoms with Crippen molar-refractivity contribution in [3.63, 3.8) is 0 Å². The summed E-state index contributed by atoms with van der Waals surface area (Å²) in [7, 11) is 0. The van der Waals surface area contributed by atoms with E-state index in [9.17, 15) is 4.39 Å². The molecule has 3 heterocycles. The Labute approximate surface area is 119 Å². The SMILES string of the molecule is Fc1cc(-c2nc(C3CCCOC3)no2)c2occc2c1. The van der Waals surface area contributed by atoms with Crippen LogP contribution in [0.15, 0.2) is 33.4 Å². The normalized spacial score (nSPS) is 19.2. The van der Waals surface area contributed by atoms with Gasteiger partial charge in [0.05, 0.1) is 18.4 Å². The Hall–Kier alpha value is -2.21. The van der Waals surface area contributed by atoms with Gasteiger partial charge in [0.2, 0.25) is 0 Å². The van der Waals surface area contributed by atoms with Crippen LogP contribution in [-0.4, -0.2) is 23.4 Å². The van der Waals surface area contributed by atoms with E-state index in [1.807, 2.05) is 0 Å². The van der Waals surface area contributed by atoms with Crippen molar-refractivity contribution in [3.05, 3.63) is 36.1 Å². The van der Waals surface area contributed by atoms with Gasteiger partial charge in [-0.2, -0.15) is 4.98 Å². The molecule has 0 aliphatic carbocycles. The zero-order valence-corrected chi connectivity index (χ0v) is 11.2. The predicted octanol–water partition coefficient (Wildman–Crippen LogP) is 3.52. The second kappa shape index (κ2) is 4.96. The molecule has 1 aliphatic rings. The summed E-state index contributed by atoms with van der Waals surface area (Å²) >= 11 is 0. The van der Waals surface area contributed by atoms with Gasteiger partial charge in [0.15, 0.2) is 5.82 Å². The molecule has 3 aromatic rings. The van der Waals surface area contributed by atoms with Gasteiger partial charge < -0.3 is 13.7 Å². The second-order valence-electron chi connectivity index (χ2n) is 5.16. The molecule has 108 valence electrons. The molecule has 1 unspecified atom stereocenters. The Morgan fingerprint density at radius 2 is 2.24 bits per heavy atom. The molecular formula is C15H13FN2O3. The molecule has 0 N–H and O–H groups in total. The first-order valence-corrected chi connectivity index (χ1v) is 6.90. The number of hydrogen-bond donors (Lipinski definition) is 0. The van der Waals surface area contributed by atoms with E-state index in [1.54, 1.807) is 6.07 Å². The molecule has 1 aliphatic heterocycles. The lowest BCUT2D eigenvalue weighted by atomic mass is 10.0. The number of aromatic nitrogens is 2. The van der Waals surface area contributed by atoms with Crippen molar-refractivity contribution in [2.45, 2.75) is 18.8 Å². The third-order valence-electron chi connectivity index (χ3n) is 3.71. The Morgan fingerprint density at radius 1 is 1.29 bits per heavy atom.